The fourth-order valence-corrected chi connectivity index (χ4v) is 3.09. The molecule has 0 N–H and O–H groups in total. The van der Waals surface area contributed by atoms with Gasteiger partial charge in [0.25, 0.3) is 0 Å². The zero-order chi connectivity index (χ0) is 14.6. The van der Waals surface area contributed by atoms with Gasteiger partial charge in [0, 0.05) is 20.6 Å². The predicted molar refractivity (Wildman–Crippen MR) is 79.2 cm³/mol. The van der Waals surface area contributed by atoms with E-state index < -0.39 is 7.60 Å². The van der Waals surface area contributed by atoms with Crippen LogP contribution >= 0.6 is 7.60 Å². The molecule has 2 aromatic rings. The van der Waals surface area contributed by atoms with Crippen LogP contribution < -0.4 is 0 Å². The molecular formula is C15H17O4P. The molecule has 5 heteroatoms. The van der Waals surface area contributed by atoms with Gasteiger partial charge < -0.3 is 9.05 Å². The molecule has 0 aliphatic carbocycles. The lowest BCUT2D eigenvalue weighted by Gasteiger charge is -2.13. The van der Waals surface area contributed by atoms with Crippen molar-refractivity contribution in [3.63, 3.8) is 0 Å². The third-order valence-corrected chi connectivity index (χ3v) is 5.05. The fraction of sp³-hybridized carbons (Fsp3) is 0.267. The van der Waals surface area contributed by atoms with Crippen molar-refractivity contribution in [1.29, 1.82) is 0 Å². The number of carbonyl (C=O) groups excluding carboxylic acids is 1. The van der Waals surface area contributed by atoms with Gasteiger partial charge in [0.2, 0.25) is 0 Å². The first-order chi connectivity index (χ1) is 9.58. The molecule has 0 heterocycles. The van der Waals surface area contributed by atoms with Gasteiger partial charge >= 0.3 is 7.60 Å². The van der Waals surface area contributed by atoms with Crippen molar-refractivity contribution >= 4 is 24.2 Å². The van der Waals surface area contributed by atoms with Crippen molar-refractivity contribution in [2.75, 3.05) is 20.4 Å². The SMILES string of the molecule is COP(=O)(CC(=O)Cc1cccc2ccccc12)OC. The van der Waals surface area contributed by atoms with E-state index in [0.717, 1.165) is 16.3 Å². The van der Waals surface area contributed by atoms with Crippen molar-refractivity contribution in [2.24, 2.45) is 0 Å². The Morgan fingerprint density at radius 3 is 2.40 bits per heavy atom. The zero-order valence-corrected chi connectivity index (χ0v) is 12.4. The molecule has 2 rings (SSSR count). The Hall–Kier alpha value is -1.48. The van der Waals surface area contributed by atoms with Crippen molar-refractivity contribution in [1.82, 2.24) is 0 Å². The number of fused-ring (bicyclic) bond motifs is 1. The maximum absolute atomic E-state index is 12.1. The van der Waals surface area contributed by atoms with Crippen molar-refractivity contribution in [3.05, 3.63) is 48.0 Å². The number of Topliss-reactive ketones (excluding diaryl/α,β-unsaturated/α-hetero) is 1. The summed E-state index contributed by atoms with van der Waals surface area (Å²) in [6, 6.07) is 13.7. The van der Waals surface area contributed by atoms with Gasteiger partial charge in [-0.25, -0.2) is 0 Å². The minimum absolute atomic E-state index is 0.159. The first-order valence-electron chi connectivity index (χ1n) is 6.27. The molecule has 0 amide bonds. The molecule has 4 nitrogen and oxygen atoms in total. The van der Waals surface area contributed by atoms with Gasteiger partial charge in [-0.1, -0.05) is 42.5 Å². The largest absolute Gasteiger partial charge is 0.337 e. The monoisotopic (exact) mass is 292 g/mol. The Balaban J connectivity index is 2.20. The second-order valence-electron chi connectivity index (χ2n) is 4.49. The molecular weight excluding hydrogens is 275 g/mol. The minimum atomic E-state index is -3.28. The molecule has 0 fully saturated rings. The summed E-state index contributed by atoms with van der Waals surface area (Å²) in [6.45, 7) is 0. The van der Waals surface area contributed by atoms with Crippen LogP contribution in [0.3, 0.4) is 0 Å². The van der Waals surface area contributed by atoms with E-state index in [4.69, 9.17) is 9.05 Å². The summed E-state index contributed by atoms with van der Waals surface area (Å²) in [4.78, 5) is 12.1. The topological polar surface area (TPSA) is 52.6 Å². The molecule has 0 atom stereocenters. The molecule has 106 valence electrons. The van der Waals surface area contributed by atoms with Gasteiger partial charge in [-0.3, -0.25) is 9.36 Å². The third kappa shape index (κ3) is 3.34. The van der Waals surface area contributed by atoms with E-state index in [0.29, 0.717) is 0 Å². The van der Waals surface area contributed by atoms with Crippen LogP contribution in [0.15, 0.2) is 42.5 Å². The van der Waals surface area contributed by atoms with E-state index >= 15 is 0 Å². The van der Waals surface area contributed by atoms with Crippen LogP contribution in [-0.4, -0.2) is 26.2 Å². The van der Waals surface area contributed by atoms with Gasteiger partial charge in [0.15, 0.2) is 0 Å². The van der Waals surface area contributed by atoms with Gasteiger partial charge in [0.1, 0.15) is 11.9 Å². The molecule has 0 spiro atoms. The quantitative estimate of drug-likeness (QED) is 0.765. The lowest BCUT2D eigenvalue weighted by atomic mass is 10.0. The summed E-state index contributed by atoms with van der Waals surface area (Å²) in [5.41, 5.74) is 0.923. The standard InChI is InChI=1S/C15H17O4P/c1-18-20(17,19-2)11-14(16)10-13-8-5-7-12-6-3-4-9-15(12)13/h3-9H,10-11H2,1-2H3. The van der Waals surface area contributed by atoms with Crippen molar-refractivity contribution in [2.45, 2.75) is 6.42 Å². The maximum Gasteiger partial charge on any atom is 0.337 e. The maximum atomic E-state index is 12.1. The number of carbonyl (C=O) groups is 1. The lowest BCUT2D eigenvalue weighted by molar-refractivity contribution is -0.116. The normalized spacial score (nSPS) is 11.7. The van der Waals surface area contributed by atoms with Gasteiger partial charge in [0.05, 0.1) is 0 Å². The van der Waals surface area contributed by atoms with E-state index in [9.17, 15) is 9.36 Å². The summed E-state index contributed by atoms with van der Waals surface area (Å²) in [5.74, 6) is -0.159. The fourth-order valence-electron chi connectivity index (χ4n) is 2.13. The van der Waals surface area contributed by atoms with Gasteiger partial charge in [-0.15, -0.1) is 0 Å². The highest BCUT2D eigenvalue weighted by atomic mass is 31.2. The number of ketones is 1. The Labute approximate surface area is 118 Å². The Morgan fingerprint density at radius 2 is 1.70 bits per heavy atom. The Bertz CT molecular complexity index is 652. The van der Waals surface area contributed by atoms with Crippen LogP contribution in [0, 0.1) is 0 Å². The van der Waals surface area contributed by atoms with Crippen molar-refractivity contribution < 1.29 is 18.4 Å². The van der Waals surface area contributed by atoms with E-state index in [2.05, 4.69) is 0 Å². The molecule has 0 aromatic heterocycles. The minimum Gasteiger partial charge on any atom is -0.312 e. The summed E-state index contributed by atoms with van der Waals surface area (Å²) in [7, 11) is -0.710. The number of benzene rings is 2. The van der Waals surface area contributed by atoms with Crippen LogP contribution in [0.5, 0.6) is 0 Å². The first-order valence-corrected chi connectivity index (χ1v) is 7.99. The van der Waals surface area contributed by atoms with E-state index in [1.165, 1.54) is 14.2 Å². The van der Waals surface area contributed by atoms with E-state index in [1.807, 2.05) is 42.5 Å². The van der Waals surface area contributed by atoms with Gasteiger partial charge in [-0.2, -0.15) is 0 Å². The lowest BCUT2D eigenvalue weighted by Crippen LogP contribution is -2.11. The molecule has 2 aromatic carbocycles. The summed E-state index contributed by atoms with van der Waals surface area (Å²) >= 11 is 0. The van der Waals surface area contributed by atoms with Crippen LogP contribution in [0.4, 0.5) is 0 Å². The number of hydrogen-bond donors (Lipinski definition) is 0. The van der Waals surface area contributed by atoms with Gasteiger partial charge in [-0.05, 0) is 16.3 Å². The average molecular weight is 292 g/mol. The summed E-state index contributed by atoms with van der Waals surface area (Å²) in [5, 5.41) is 2.12. The highest BCUT2D eigenvalue weighted by Gasteiger charge is 2.25. The number of rotatable bonds is 6. The zero-order valence-electron chi connectivity index (χ0n) is 11.5. The summed E-state index contributed by atoms with van der Waals surface area (Å²) in [6.07, 6.45) is 0.0152. The average Bonchev–Trinajstić information content (AvgIpc) is 2.47. The van der Waals surface area contributed by atoms with Crippen molar-refractivity contribution in [3.8, 4) is 0 Å². The molecule has 0 aliphatic heterocycles. The first kappa shape index (κ1) is 14.9. The van der Waals surface area contributed by atoms with Crippen LogP contribution in [-0.2, 0) is 24.8 Å². The third-order valence-electron chi connectivity index (χ3n) is 3.19. The smallest absolute Gasteiger partial charge is 0.312 e. The number of hydrogen-bond acceptors (Lipinski definition) is 4. The summed E-state index contributed by atoms with van der Waals surface area (Å²) < 4.78 is 21.5. The second kappa shape index (κ2) is 6.31. The molecule has 0 aliphatic rings. The highest BCUT2D eigenvalue weighted by molar-refractivity contribution is 7.54. The molecule has 0 saturated heterocycles. The van der Waals surface area contributed by atoms with Crippen LogP contribution in [0.2, 0.25) is 0 Å². The highest BCUT2D eigenvalue weighted by Crippen LogP contribution is 2.46. The van der Waals surface area contributed by atoms with Crippen LogP contribution in [0.1, 0.15) is 5.56 Å². The van der Waals surface area contributed by atoms with Crippen LogP contribution in [0.25, 0.3) is 10.8 Å². The second-order valence-corrected chi connectivity index (χ2v) is 6.76. The predicted octanol–water partition coefficient (Wildman–Crippen LogP) is 3.44. The Kier molecular flexibility index (Phi) is 4.71. The molecule has 0 unspecified atom stereocenters. The molecule has 0 radical (unpaired) electrons. The molecule has 0 saturated carbocycles. The Morgan fingerprint density at radius 1 is 1.05 bits per heavy atom. The van der Waals surface area contributed by atoms with E-state index in [1.54, 1.807) is 0 Å². The molecule has 0 bridgehead atoms. The molecule has 20 heavy (non-hydrogen) atoms. The van der Waals surface area contributed by atoms with E-state index in [-0.39, 0.29) is 18.4 Å².